The third-order valence-electron chi connectivity index (χ3n) is 3.45. The lowest BCUT2D eigenvalue weighted by atomic mass is 9.94. The summed E-state index contributed by atoms with van der Waals surface area (Å²) in [5, 5.41) is 9.68. The molecule has 1 saturated carbocycles. The van der Waals surface area contributed by atoms with E-state index in [1.54, 1.807) is 0 Å². The van der Waals surface area contributed by atoms with Crippen LogP contribution in [0.4, 0.5) is 6.01 Å². The minimum absolute atomic E-state index is 0.134. The van der Waals surface area contributed by atoms with Crippen LogP contribution in [0, 0.1) is 11.8 Å². The van der Waals surface area contributed by atoms with Gasteiger partial charge in [-0.3, -0.25) is 10.1 Å². The van der Waals surface area contributed by atoms with Crippen molar-refractivity contribution >= 4 is 11.9 Å². The number of fused-ring (bicyclic) bond motifs is 1. The summed E-state index contributed by atoms with van der Waals surface area (Å²) in [6, 6.07) is 0.134. The van der Waals surface area contributed by atoms with Crippen molar-refractivity contribution < 1.29 is 13.9 Å². The summed E-state index contributed by atoms with van der Waals surface area (Å²) < 4.78 is 10.4. The number of rotatable bonds is 2. The fourth-order valence-corrected chi connectivity index (χ4v) is 2.70. The summed E-state index contributed by atoms with van der Waals surface area (Å²) >= 11 is 0. The van der Waals surface area contributed by atoms with E-state index >= 15 is 0 Å². The van der Waals surface area contributed by atoms with E-state index in [0.717, 1.165) is 6.42 Å². The Labute approximate surface area is 92.4 Å². The maximum atomic E-state index is 11.9. The highest BCUT2D eigenvalue weighted by atomic mass is 16.5. The average molecular weight is 223 g/mol. The van der Waals surface area contributed by atoms with E-state index in [4.69, 9.17) is 9.15 Å². The van der Waals surface area contributed by atoms with Crippen LogP contribution in [0.2, 0.25) is 0 Å². The van der Waals surface area contributed by atoms with Crippen molar-refractivity contribution in [1.29, 1.82) is 0 Å². The summed E-state index contributed by atoms with van der Waals surface area (Å²) in [6.07, 6.45) is 4.29. The standard InChI is InChI=1S/C10H13N3O3/c14-9(12-10-13-11-5-16-10)8-7-3-1-2-6(7)4-15-8/h5-8H,1-4H2,(H,12,13,14)/t6-,7-,8+/m0/s1. The van der Waals surface area contributed by atoms with Gasteiger partial charge in [0.2, 0.25) is 6.39 Å². The van der Waals surface area contributed by atoms with Gasteiger partial charge in [0, 0.05) is 0 Å². The van der Waals surface area contributed by atoms with Gasteiger partial charge in [-0.1, -0.05) is 11.5 Å². The Bertz CT molecular complexity index is 379. The molecule has 0 bridgehead atoms. The molecule has 86 valence electrons. The van der Waals surface area contributed by atoms with Gasteiger partial charge >= 0.3 is 6.01 Å². The van der Waals surface area contributed by atoms with Crippen molar-refractivity contribution in [3.63, 3.8) is 0 Å². The first-order chi connectivity index (χ1) is 7.84. The highest BCUT2D eigenvalue weighted by Gasteiger charge is 2.44. The molecular weight excluding hydrogens is 210 g/mol. The molecule has 1 aliphatic carbocycles. The van der Waals surface area contributed by atoms with Gasteiger partial charge in [0.15, 0.2) is 0 Å². The molecule has 3 rings (SSSR count). The van der Waals surface area contributed by atoms with E-state index in [1.807, 2.05) is 0 Å². The first-order valence-corrected chi connectivity index (χ1v) is 5.53. The van der Waals surface area contributed by atoms with Gasteiger partial charge in [0.25, 0.3) is 5.91 Å². The molecule has 1 saturated heterocycles. The Balaban J connectivity index is 1.67. The first kappa shape index (κ1) is 9.77. The maximum Gasteiger partial charge on any atom is 0.322 e. The molecule has 1 aromatic rings. The Morgan fingerprint density at radius 1 is 1.50 bits per heavy atom. The Kier molecular flexibility index (Phi) is 2.36. The van der Waals surface area contributed by atoms with E-state index in [1.165, 1.54) is 19.2 Å². The molecule has 1 aliphatic heterocycles. The molecule has 2 fully saturated rings. The number of amides is 1. The molecule has 0 radical (unpaired) electrons. The lowest BCUT2D eigenvalue weighted by Gasteiger charge is -2.14. The van der Waals surface area contributed by atoms with Crippen molar-refractivity contribution in [2.45, 2.75) is 25.4 Å². The zero-order chi connectivity index (χ0) is 11.0. The smallest absolute Gasteiger partial charge is 0.322 e. The van der Waals surface area contributed by atoms with E-state index in [-0.39, 0.29) is 18.0 Å². The van der Waals surface area contributed by atoms with Crippen molar-refractivity contribution in [3.05, 3.63) is 6.39 Å². The lowest BCUT2D eigenvalue weighted by Crippen LogP contribution is -2.32. The topological polar surface area (TPSA) is 77.3 Å². The zero-order valence-corrected chi connectivity index (χ0v) is 8.76. The number of ether oxygens (including phenoxy) is 1. The molecule has 2 aliphatic rings. The van der Waals surface area contributed by atoms with Gasteiger partial charge in [0.1, 0.15) is 6.10 Å². The third kappa shape index (κ3) is 1.59. The van der Waals surface area contributed by atoms with Gasteiger partial charge in [-0.05, 0) is 24.7 Å². The van der Waals surface area contributed by atoms with Gasteiger partial charge < -0.3 is 9.15 Å². The molecule has 1 N–H and O–H groups in total. The monoisotopic (exact) mass is 223 g/mol. The van der Waals surface area contributed by atoms with Crippen LogP contribution in [0.15, 0.2) is 10.8 Å². The fourth-order valence-electron chi connectivity index (χ4n) is 2.70. The molecule has 0 aromatic carbocycles. The van der Waals surface area contributed by atoms with Crippen LogP contribution >= 0.6 is 0 Å². The molecule has 16 heavy (non-hydrogen) atoms. The predicted octanol–water partition coefficient (Wildman–Crippen LogP) is 0.823. The second-order valence-electron chi connectivity index (χ2n) is 4.34. The maximum absolute atomic E-state index is 11.9. The van der Waals surface area contributed by atoms with E-state index in [9.17, 15) is 4.79 Å². The molecule has 1 amide bonds. The highest BCUT2D eigenvalue weighted by molar-refractivity contribution is 5.92. The zero-order valence-electron chi connectivity index (χ0n) is 8.76. The molecule has 2 heterocycles. The lowest BCUT2D eigenvalue weighted by molar-refractivity contribution is -0.126. The quantitative estimate of drug-likeness (QED) is 0.803. The van der Waals surface area contributed by atoms with E-state index in [2.05, 4.69) is 15.5 Å². The van der Waals surface area contributed by atoms with Gasteiger partial charge in [-0.15, -0.1) is 5.10 Å². The van der Waals surface area contributed by atoms with Crippen LogP contribution in [0.25, 0.3) is 0 Å². The number of nitrogens with one attached hydrogen (secondary N) is 1. The van der Waals surface area contributed by atoms with Crippen LogP contribution in [-0.4, -0.2) is 28.8 Å². The fraction of sp³-hybridized carbons (Fsp3) is 0.700. The number of aromatic nitrogens is 2. The Hall–Kier alpha value is -1.43. The Morgan fingerprint density at radius 2 is 2.44 bits per heavy atom. The van der Waals surface area contributed by atoms with E-state index in [0.29, 0.717) is 18.4 Å². The van der Waals surface area contributed by atoms with Gasteiger partial charge in [0.05, 0.1) is 6.61 Å². The molecule has 1 aromatic heterocycles. The normalized spacial score (nSPS) is 32.6. The SMILES string of the molecule is O=C(Nc1nnco1)[C@@H]1OC[C@@H]2CCC[C@@H]21. The number of nitrogens with zero attached hydrogens (tertiary/aromatic N) is 2. The predicted molar refractivity (Wildman–Crippen MR) is 53.5 cm³/mol. The van der Waals surface area contributed by atoms with Crippen molar-refractivity contribution in [2.24, 2.45) is 11.8 Å². The number of anilines is 1. The molecule has 6 heteroatoms. The summed E-state index contributed by atoms with van der Waals surface area (Å²) in [6.45, 7) is 0.701. The minimum atomic E-state index is -0.348. The Morgan fingerprint density at radius 3 is 3.25 bits per heavy atom. The number of carbonyl (C=O) groups is 1. The van der Waals surface area contributed by atoms with Gasteiger partial charge in [-0.2, -0.15) is 0 Å². The van der Waals surface area contributed by atoms with Crippen LogP contribution in [-0.2, 0) is 9.53 Å². The highest BCUT2D eigenvalue weighted by Crippen LogP contribution is 2.40. The molecule has 3 atom stereocenters. The third-order valence-corrected chi connectivity index (χ3v) is 3.45. The summed E-state index contributed by atoms with van der Waals surface area (Å²) in [4.78, 5) is 11.9. The number of hydrogen-bond donors (Lipinski definition) is 1. The molecule has 6 nitrogen and oxygen atoms in total. The van der Waals surface area contributed by atoms with Crippen LogP contribution in [0.3, 0.4) is 0 Å². The number of carbonyl (C=O) groups excluding carboxylic acids is 1. The second kappa shape index (κ2) is 3.86. The molecular formula is C10H13N3O3. The van der Waals surface area contributed by atoms with Crippen molar-refractivity contribution in [1.82, 2.24) is 10.2 Å². The minimum Gasteiger partial charge on any atom is -0.411 e. The van der Waals surface area contributed by atoms with Gasteiger partial charge in [-0.25, -0.2) is 0 Å². The van der Waals surface area contributed by atoms with Crippen LogP contribution in [0.5, 0.6) is 0 Å². The van der Waals surface area contributed by atoms with Crippen LogP contribution in [0.1, 0.15) is 19.3 Å². The number of hydrogen-bond acceptors (Lipinski definition) is 5. The van der Waals surface area contributed by atoms with Crippen molar-refractivity contribution in [2.75, 3.05) is 11.9 Å². The van der Waals surface area contributed by atoms with Crippen molar-refractivity contribution in [3.8, 4) is 0 Å². The van der Waals surface area contributed by atoms with Crippen LogP contribution < -0.4 is 5.32 Å². The second-order valence-corrected chi connectivity index (χ2v) is 4.34. The molecule has 0 unspecified atom stereocenters. The van der Waals surface area contributed by atoms with E-state index < -0.39 is 0 Å². The summed E-state index contributed by atoms with van der Waals surface area (Å²) in [5.74, 6) is 0.750. The largest absolute Gasteiger partial charge is 0.411 e. The first-order valence-electron chi connectivity index (χ1n) is 5.53. The summed E-state index contributed by atoms with van der Waals surface area (Å²) in [5.41, 5.74) is 0. The molecule has 0 spiro atoms. The summed E-state index contributed by atoms with van der Waals surface area (Å²) in [7, 11) is 0. The average Bonchev–Trinajstić information content (AvgIpc) is 2.92.